The van der Waals surface area contributed by atoms with Gasteiger partial charge >= 0.3 is 0 Å². The van der Waals surface area contributed by atoms with Gasteiger partial charge in [-0.25, -0.2) is 0 Å². The lowest BCUT2D eigenvalue weighted by molar-refractivity contribution is 0.343. The third kappa shape index (κ3) is 15.0. The molecule has 0 bridgehead atoms. The van der Waals surface area contributed by atoms with Crippen LogP contribution in [0.15, 0.2) is 53.4 Å². The Morgan fingerprint density at radius 2 is 1.39 bits per heavy atom. The highest BCUT2D eigenvalue weighted by Gasteiger charge is 2.17. The molecule has 0 aromatic carbocycles. The zero-order valence-corrected chi connectivity index (χ0v) is 28.4. The first-order valence-corrected chi connectivity index (χ1v) is 15.1. The fraction of sp³-hybridized carbons (Fsp3) is 0.545. The smallest absolute Gasteiger partial charge is 0.139 e. The lowest BCUT2D eigenvalue weighted by Crippen LogP contribution is -2.10. The van der Waals surface area contributed by atoms with Crippen LogP contribution < -0.4 is 0 Å². The molecule has 0 atom stereocenters. The van der Waals surface area contributed by atoms with Crippen molar-refractivity contribution in [3.8, 4) is 0 Å². The number of pyridine rings is 2. The highest BCUT2D eigenvalue weighted by Crippen LogP contribution is 2.24. The summed E-state index contributed by atoms with van der Waals surface area (Å²) in [4.78, 5) is 10.1. The number of hydrogen-bond acceptors (Lipinski definition) is 8. The van der Waals surface area contributed by atoms with E-state index in [1.165, 1.54) is 11.1 Å². The third-order valence-electron chi connectivity index (χ3n) is 5.75. The fourth-order valence-corrected chi connectivity index (χ4v) is 4.02. The van der Waals surface area contributed by atoms with Gasteiger partial charge in [-0.15, -0.1) is 21.5 Å². The maximum Gasteiger partial charge on any atom is 0.139 e. The van der Waals surface area contributed by atoms with Gasteiger partial charge in [-0.3, -0.25) is 9.97 Å². The maximum atomic E-state index is 5.15. The molecule has 0 radical (unpaired) electrons. The molecule has 0 aliphatic heterocycles. The SMILES string of the molecule is CC(C)c1cc(CN(C)C)no1.CC(C)c1ccncc1.Cc1cc(C(C)C)ccn1.Cc1nnc(C(C)(C)C)s1. The Morgan fingerprint density at radius 3 is 1.73 bits per heavy atom. The Bertz CT molecular complexity index is 1240. The maximum absolute atomic E-state index is 5.15. The predicted molar refractivity (Wildman–Crippen MR) is 173 cm³/mol. The van der Waals surface area contributed by atoms with E-state index in [2.05, 4.69) is 105 Å². The zero-order chi connectivity index (χ0) is 31.2. The van der Waals surface area contributed by atoms with Gasteiger partial charge in [-0.05, 0) is 75.2 Å². The van der Waals surface area contributed by atoms with Crippen molar-refractivity contribution in [2.45, 2.75) is 106 Å². The van der Waals surface area contributed by atoms with Gasteiger partial charge in [0.1, 0.15) is 15.8 Å². The van der Waals surface area contributed by atoms with Crippen molar-refractivity contribution >= 4 is 11.3 Å². The summed E-state index contributed by atoms with van der Waals surface area (Å²) < 4.78 is 5.15. The van der Waals surface area contributed by atoms with E-state index < -0.39 is 0 Å². The van der Waals surface area contributed by atoms with Crippen LogP contribution in [0.1, 0.15) is 118 Å². The van der Waals surface area contributed by atoms with Crippen molar-refractivity contribution in [1.82, 2.24) is 30.2 Å². The number of hydrogen-bond donors (Lipinski definition) is 0. The van der Waals surface area contributed by atoms with Gasteiger partial charge in [0.2, 0.25) is 0 Å². The largest absolute Gasteiger partial charge is 0.361 e. The van der Waals surface area contributed by atoms with Crippen LogP contribution in [0.4, 0.5) is 0 Å². The first-order chi connectivity index (χ1) is 19.1. The first-order valence-electron chi connectivity index (χ1n) is 14.3. The number of nitrogens with zero attached hydrogens (tertiary/aromatic N) is 6. The second-order valence-corrected chi connectivity index (χ2v) is 13.5. The van der Waals surface area contributed by atoms with Crippen molar-refractivity contribution in [2.24, 2.45) is 0 Å². The van der Waals surface area contributed by atoms with E-state index in [0.717, 1.165) is 33.7 Å². The van der Waals surface area contributed by atoms with Crippen LogP contribution >= 0.6 is 11.3 Å². The summed E-state index contributed by atoms with van der Waals surface area (Å²) in [5.41, 5.74) is 4.98. The van der Waals surface area contributed by atoms with Crippen LogP contribution in [-0.2, 0) is 12.0 Å². The molecule has 4 aromatic heterocycles. The lowest BCUT2D eigenvalue weighted by Gasteiger charge is -2.12. The quantitative estimate of drug-likeness (QED) is 0.233. The van der Waals surface area contributed by atoms with Crippen LogP contribution in [0.25, 0.3) is 0 Å². The number of rotatable bonds is 5. The Kier molecular flexibility index (Phi) is 15.6. The molecule has 4 rings (SSSR count). The van der Waals surface area contributed by atoms with E-state index in [1.54, 1.807) is 11.3 Å². The summed E-state index contributed by atoms with van der Waals surface area (Å²) in [7, 11) is 4.04. The molecule has 4 aromatic rings. The van der Waals surface area contributed by atoms with Gasteiger partial charge in [0.15, 0.2) is 0 Å². The number of aromatic nitrogens is 5. The van der Waals surface area contributed by atoms with Gasteiger partial charge in [-0.1, -0.05) is 67.5 Å². The second kappa shape index (κ2) is 17.8. The van der Waals surface area contributed by atoms with E-state index in [4.69, 9.17) is 4.52 Å². The molecular formula is C33H52N6OS. The fourth-order valence-electron chi connectivity index (χ4n) is 3.27. The monoisotopic (exact) mass is 580 g/mol. The van der Waals surface area contributed by atoms with E-state index >= 15 is 0 Å². The highest BCUT2D eigenvalue weighted by molar-refractivity contribution is 7.11. The Hall–Kier alpha value is -2.97. The van der Waals surface area contributed by atoms with E-state index in [-0.39, 0.29) is 5.41 Å². The summed E-state index contributed by atoms with van der Waals surface area (Å²) in [6.45, 7) is 24.2. The summed E-state index contributed by atoms with van der Waals surface area (Å²) in [6.07, 6.45) is 5.52. The molecule has 0 aliphatic carbocycles. The Morgan fingerprint density at radius 1 is 0.805 bits per heavy atom. The van der Waals surface area contributed by atoms with Gasteiger partial charge in [0.05, 0.1) is 5.69 Å². The molecule has 0 unspecified atom stereocenters. The van der Waals surface area contributed by atoms with E-state index in [9.17, 15) is 0 Å². The molecule has 0 fully saturated rings. The molecule has 8 heteroatoms. The predicted octanol–water partition coefficient (Wildman–Crippen LogP) is 8.72. The topological polar surface area (TPSA) is 80.8 Å². The molecule has 7 nitrogen and oxygen atoms in total. The average molecular weight is 581 g/mol. The summed E-state index contributed by atoms with van der Waals surface area (Å²) in [5, 5.41) is 14.1. The number of aryl methyl sites for hydroxylation is 2. The summed E-state index contributed by atoms with van der Waals surface area (Å²) in [6, 6.07) is 10.3. The Balaban J connectivity index is 0.000000275. The van der Waals surface area contributed by atoms with Crippen LogP contribution in [0.3, 0.4) is 0 Å². The molecule has 0 aliphatic rings. The molecule has 0 N–H and O–H groups in total. The van der Waals surface area contributed by atoms with Crippen LogP contribution in [-0.4, -0.2) is 44.3 Å². The molecule has 4 heterocycles. The van der Waals surface area contributed by atoms with Crippen LogP contribution in [0, 0.1) is 13.8 Å². The molecular weight excluding hydrogens is 528 g/mol. The Labute approximate surface area is 252 Å². The van der Waals surface area contributed by atoms with Crippen molar-refractivity contribution in [3.05, 3.63) is 87.2 Å². The normalized spacial score (nSPS) is 11.0. The lowest BCUT2D eigenvalue weighted by atomic mass is 9.98. The van der Waals surface area contributed by atoms with Crippen LogP contribution in [0.5, 0.6) is 0 Å². The molecule has 0 amide bonds. The highest BCUT2D eigenvalue weighted by atomic mass is 32.1. The van der Waals surface area contributed by atoms with Crippen molar-refractivity contribution in [1.29, 1.82) is 0 Å². The van der Waals surface area contributed by atoms with Gasteiger partial charge in [0, 0.05) is 48.2 Å². The summed E-state index contributed by atoms with van der Waals surface area (Å²) >= 11 is 1.67. The van der Waals surface area contributed by atoms with Gasteiger partial charge < -0.3 is 9.42 Å². The minimum Gasteiger partial charge on any atom is -0.361 e. The van der Waals surface area contributed by atoms with Crippen molar-refractivity contribution < 1.29 is 4.52 Å². The second-order valence-electron chi connectivity index (χ2n) is 12.3. The molecule has 0 saturated carbocycles. The molecule has 226 valence electrons. The first kappa shape index (κ1) is 36.1. The molecule has 41 heavy (non-hydrogen) atoms. The van der Waals surface area contributed by atoms with E-state index in [1.807, 2.05) is 64.7 Å². The van der Waals surface area contributed by atoms with Crippen molar-refractivity contribution in [3.63, 3.8) is 0 Å². The molecule has 0 spiro atoms. The average Bonchev–Trinajstić information content (AvgIpc) is 3.55. The van der Waals surface area contributed by atoms with Gasteiger partial charge in [-0.2, -0.15) is 0 Å². The van der Waals surface area contributed by atoms with Gasteiger partial charge in [0.25, 0.3) is 0 Å². The zero-order valence-electron chi connectivity index (χ0n) is 27.6. The molecule has 0 saturated heterocycles. The summed E-state index contributed by atoms with van der Waals surface area (Å²) in [5.74, 6) is 2.62. The van der Waals surface area contributed by atoms with E-state index in [0.29, 0.717) is 17.8 Å². The van der Waals surface area contributed by atoms with Crippen molar-refractivity contribution in [2.75, 3.05) is 14.1 Å². The standard InChI is InChI=1S/C9H16N2O.C9H13N.C8H11N.C7H12N2S/c1-7(2)9-5-8(10-12-9)6-11(3)4;1-7(2)9-4-5-10-8(3)6-9;1-7(2)8-3-5-9-6-4-8;1-5-8-9-6(10-5)7(2,3)4/h5,7H,6H2,1-4H3;4-7H,1-3H3;3-7H,1-2H3;1-4H3. The third-order valence-corrected chi connectivity index (χ3v) is 7.02. The minimum absolute atomic E-state index is 0.159. The minimum atomic E-state index is 0.159. The van der Waals surface area contributed by atoms with Crippen LogP contribution in [0.2, 0.25) is 0 Å².